The van der Waals surface area contributed by atoms with Gasteiger partial charge in [-0.05, 0) is 39.3 Å². The Bertz CT molecular complexity index is 1630. The predicted molar refractivity (Wildman–Crippen MR) is 136 cm³/mol. The molecule has 37 heavy (non-hydrogen) atoms. The van der Waals surface area contributed by atoms with E-state index in [0.717, 1.165) is 12.3 Å². The van der Waals surface area contributed by atoms with Crippen LogP contribution in [0.15, 0.2) is 52.6 Å². The van der Waals surface area contributed by atoms with E-state index in [1.54, 1.807) is 26.0 Å². The normalized spacial score (nSPS) is 11.6. The second-order valence-electron chi connectivity index (χ2n) is 8.81. The second kappa shape index (κ2) is 10.0. The Morgan fingerprint density at radius 2 is 1.78 bits per heavy atom. The lowest BCUT2D eigenvalue weighted by molar-refractivity contribution is 0.0718. The smallest absolute Gasteiger partial charge is 0.280 e. The third-order valence-corrected chi connectivity index (χ3v) is 6.19. The van der Waals surface area contributed by atoms with Crippen LogP contribution in [-0.2, 0) is 12.2 Å². The van der Waals surface area contributed by atoms with Gasteiger partial charge in [0.15, 0.2) is 0 Å². The Hall–Kier alpha value is -3.60. The molecule has 0 aromatic carbocycles. The molecule has 0 saturated carbocycles. The number of aliphatic hydroxyl groups is 1. The molecule has 0 spiro atoms. The molecule has 192 valence electrons. The van der Waals surface area contributed by atoms with Crippen LogP contribution in [0.2, 0.25) is 10.0 Å². The average Bonchev–Trinajstić information content (AvgIpc) is 2.82. The quantitative estimate of drug-likeness (QED) is 0.389. The number of ether oxygens (including phenoxy) is 1. The monoisotopic (exact) mass is 545 g/mol. The van der Waals surface area contributed by atoms with E-state index in [2.05, 4.69) is 15.0 Å². The zero-order chi connectivity index (χ0) is 27.1. The van der Waals surface area contributed by atoms with Gasteiger partial charge < -0.3 is 9.84 Å². The lowest BCUT2D eigenvalue weighted by Crippen LogP contribution is -2.33. The molecule has 0 amide bonds. The van der Waals surface area contributed by atoms with E-state index in [9.17, 15) is 19.1 Å². The third-order valence-electron chi connectivity index (χ3n) is 5.52. The van der Waals surface area contributed by atoms with Gasteiger partial charge in [0.05, 0.1) is 22.6 Å². The highest BCUT2D eigenvalue weighted by molar-refractivity contribution is 6.32. The molecule has 0 atom stereocenters. The van der Waals surface area contributed by atoms with Gasteiger partial charge in [0.2, 0.25) is 0 Å². The molecule has 4 aromatic heterocycles. The van der Waals surface area contributed by atoms with E-state index < -0.39 is 22.5 Å². The summed E-state index contributed by atoms with van der Waals surface area (Å²) < 4.78 is 21.6. The molecule has 0 unspecified atom stereocenters. The maximum atomic E-state index is 13.3. The molecule has 12 heteroatoms. The van der Waals surface area contributed by atoms with Crippen molar-refractivity contribution in [3.8, 4) is 17.3 Å². The van der Waals surface area contributed by atoms with Crippen molar-refractivity contribution in [2.45, 2.75) is 39.9 Å². The van der Waals surface area contributed by atoms with Crippen LogP contribution in [-0.4, -0.2) is 29.2 Å². The zero-order valence-corrected chi connectivity index (χ0v) is 21.8. The van der Waals surface area contributed by atoms with Crippen molar-refractivity contribution in [1.29, 1.82) is 0 Å². The Morgan fingerprint density at radius 1 is 1.05 bits per heavy atom. The fraction of sp³-hybridized carbons (Fsp3) is 0.240. The van der Waals surface area contributed by atoms with Gasteiger partial charge in [-0.25, -0.2) is 9.37 Å². The van der Waals surface area contributed by atoms with E-state index in [0.29, 0.717) is 16.9 Å². The van der Waals surface area contributed by atoms with Gasteiger partial charge in [0.25, 0.3) is 11.1 Å². The minimum atomic E-state index is -1.46. The van der Waals surface area contributed by atoms with Crippen LogP contribution in [0.4, 0.5) is 4.39 Å². The van der Waals surface area contributed by atoms with Gasteiger partial charge in [0, 0.05) is 36.4 Å². The number of aryl methyl sites for hydroxylation is 2. The Balaban J connectivity index is 1.76. The molecule has 9 nitrogen and oxygen atoms in total. The summed E-state index contributed by atoms with van der Waals surface area (Å²) in [5, 5.41) is 10.2. The van der Waals surface area contributed by atoms with E-state index in [1.807, 2.05) is 0 Å². The van der Waals surface area contributed by atoms with Crippen LogP contribution < -0.4 is 15.9 Å². The van der Waals surface area contributed by atoms with Crippen LogP contribution >= 0.6 is 23.2 Å². The Morgan fingerprint density at radius 3 is 2.46 bits per heavy atom. The molecule has 4 aromatic rings. The molecule has 4 heterocycles. The van der Waals surface area contributed by atoms with E-state index in [4.69, 9.17) is 27.9 Å². The fourth-order valence-electron chi connectivity index (χ4n) is 3.67. The average molecular weight is 546 g/mol. The van der Waals surface area contributed by atoms with Gasteiger partial charge in [-0.1, -0.05) is 23.2 Å². The molecule has 0 radical (unpaired) electrons. The number of aromatic nitrogens is 5. The predicted octanol–water partition coefficient (Wildman–Crippen LogP) is 4.04. The van der Waals surface area contributed by atoms with Gasteiger partial charge in [-0.15, -0.1) is 0 Å². The summed E-state index contributed by atoms with van der Waals surface area (Å²) in [6.45, 7) is 6.25. The van der Waals surface area contributed by atoms with Crippen LogP contribution in [0.5, 0.6) is 5.75 Å². The second-order valence-corrected chi connectivity index (χ2v) is 9.60. The maximum Gasteiger partial charge on any atom is 0.280 e. The summed E-state index contributed by atoms with van der Waals surface area (Å²) in [4.78, 5) is 38.5. The van der Waals surface area contributed by atoms with Crippen molar-refractivity contribution in [3.63, 3.8) is 0 Å². The SMILES string of the molecule is Cc1cnc(-n2ccnc(C(C)(C)O)c2=O)cc1-n1c(C)cc(OCc2ncc(F)cc2Cl)c(Cl)c1=O. The van der Waals surface area contributed by atoms with E-state index >= 15 is 0 Å². The lowest BCUT2D eigenvalue weighted by atomic mass is 10.1. The summed E-state index contributed by atoms with van der Waals surface area (Å²) in [6.07, 6.45) is 5.34. The third kappa shape index (κ3) is 5.27. The number of hydrogen-bond donors (Lipinski definition) is 1. The highest BCUT2D eigenvalue weighted by atomic mass is 35.5. The molecule has 0 saturated heterocycles. The van der Waals surface area contributed by atoms with Crippen LogP contribution in [0.3, 0.4) is 0 Å². The lowest BCUT2D eigenvalue weighted by Gasteiger charge is -2.18. The topological polar surface area (TPSA) is 112 Å². The van der Waals surface area contributed by atoms with Crippen molar-refractivity contribution in [2.24, 2.45) is 0 Å². The zero-order valence-electron chi connectivity index (χ0n) is 20.3. The Labute approximate surface area is 220 Å². The first kappa shape index (κ1) is 26.5. The van der Waals surface area contributed by atoms with Crippen LogP contribution in [0.1, 0.15) is 36.5 Å². The van der Waals surface area contributed by atoms with Crippen molar-refractivity contribution >= 4 is 23.2 Å². The molecule has 0 fully saturated rings. The first-order valence-electron chi connectivity index (χ1n) is 11.0. The van der Waals surface area contributed by atoms with Crippen molar-refractivity contribution in [3.05, 3.63) is 102 Å². The first-order chi connectivity index (χ1) is 17.4. The number of nitrogens with zero attached hydrogens (tertiary/aromatic N) is 5. The fourth-order valence-corrected chi connectivity index (χ4v) is 4.07. The standard InChI is InChI=1S/C25H22Cl2FN5O4/c1-13-10-31-20(32-6-5-29-22(24(32)35)25(3,4)36)9-18(13)33-14(2)7-19(21(27)23(33)34)37-12-17-16(26)8-15(28)11-30-17/h5-11,36H,12H2,1-4H3. The minimum absolute atomic E-state index is 0.0485. The summed E-state index contributed by atoms with van der Waals surface area (Å²) in [6, 6.07) is 4.25. The minimum Gasteiger partial charge on any atom is -0.485 e. The van der Waals surface area contributed by atoms with Crippen LogP contribution in [0, 0.1) is 19.7 Å². The van der Waals surface area contributed by atoms with Crippen molar-refractivity contribution in [1.82, 2.24) is 24.1 Å². The molecule has 0 aliphatic rings. The summed E-state index contributed by atoms with van der Waals surface area (Å²) in [7, 11) is 0. The van der Waals surface area contributed by atoms with Gasteiger partial charge in [-0.3, -0.25) is 28.7 Å². The van der Waals surface area contributed by atoms with Crippen LogP contribution in [0.25, 0.3) is 11.5 Å². The molecule has 1 N–H and O–H groups in total. The molecule has 0 aliphatic heterocycles. The highest BCUT2D eigenvalue weighted by Gasteiger charge is 2.24. The molecule has 0 bridgehead atoms. The van der Waals surface area contributed by atoms with E-state index in [1.165, 1.54) is 41.6 Å². The number of hydrogen-bond acceptors (Lipinski definition) is 7. The van der Waals surface area contributed by atoms with Crippen molar-refractivity contribution < 1.29 is 14.2 Å². The summed E-state index contributed by atoms with van der Waals surface area (Å²) in [5.41, 5.74) is -0.759. The molecule has 4 rings (SSSR count). The summed E-state index contributed by atoms with van der Waals surface area (Å²) >= 11 is 12.4. The Kier molecular flexibility index (Phi) is 7.18. The van der Waals surface area contributed by atoms with E-state index in [-0.39, 0.29) is 39.6 Å². The number of rotatable bonds is 6. The maximum absolute atomic E-state index is 13.3. The highest BCUT2D eigenvalue weighted by Crippen LogP contribution is 2.27. The van der Waals surface area contributed by atoms with Gasteiger partial charge in [0.1, 0.15) is 40.3 Å². The number of pyridine rings is 3. The summed E-state index contributed by atoms with van der Waals surface area (Å²) in [5.74, 6) is -0.254. The largest absolute Gasteiger partial charge is 0.485 e. The number of halogens is 3. The van der Waals surface area contributed by atoms with Gasteiger partial charge in [-0.2, -0.15) is 0 Å². The first-order valence-corrected chi connectivity index (χ1v) is 11.8. The molecular formula is C25H22Cl2FN5O4. The molecule has 0 aliphatic carbocycles. The molecular weight excluding hydrogens is 524 g/mol. The van der Waals surface area contributed by atoms with Crippen molar-refractivity contribution in [2.75, 3.05) is 0 Å². The van der Waals surface area contributed by atoms with Gasteiger partial charge >= 0.3 is 0 Å².